The first-order chi connectivity index (χ1) is 11.8. The predicted molar refractivity (Wildman–Crippen MR) is 91.8 cm³/mol. The second-order valence-corrected chi connectivity index (χ2v) is 7.18. The molecule has 1 aliphatic heterocycles. The van der Waals surface area contributed by atoms with Gasteiger partial charge >= 0.3 is 0 Å². The molecule has 2 bridgehead atoms. The maximum Gasteiger partial charge on any atom is 0.271 e. The molecular formula is C19H18N2O4. The minimum Gasteiger partial charge on any atom is -0.274 e. The standard InChI is InChI=1S/C19H18N2O4/c1-9(2)15-12-6-7-13(15)17-16(12)18(22)20(19(17)23)14-8-11(21(24)25)5-4-10(14)3/h4-8,12-13,16-17H,1-3H3/t12-,13+,16+,17-. The number of benzene rings is 1. The van der Waals surface area contributed by atoms with Crippen LogP contribution in [0.4, 0.5) is 11.4 Å². The fourth-order valence-corrected chi connectivity index (χ4v) is 4.62. The lowest BCUT2D eigenvalue weighted by atomic mass is 9.85. The highest BCUT2D eigenvalue weighted by Crippen LogP contribution is 2.57. The van der Waals surface area contributed by atoms with E-state index >= 15 is 0 Å². The first-order valence-corrected chi connectivity index (χ1v) is 8.31. The number of rotatable bonds is 2. The van der Waals surface area contributed by atoms with Crippen LogP contribution >= 0.6 is 0 Å². The molecule has 0 N–H and O–H groups in total. The van der Waals surface area contributed by atoms with Crippen LogP contribution in [-0.4, -0.2) is 16.7 Å². The van der Waals surface area contributed by atoms with E-state index in [2.05, 4.69) is 0 Å². The van der Waals surface area contributed by atoms with Gasteiger partial charge in [0.05, 0.1) is 22.4 Å². The summed E-state index contributed by atoms with van der Waals surface area (Å²) < 4.78 is 0. The first-order valence-electron chi connectivity index (χ1n) is 8.31. The van der Waals surface area contributed by atoms with E-state index in [9.17, 15) is 19.7 Å². The van der Waals surface area contributed by atoms with Gasteiger partial charge in [-0.05, 0) is 26.3 Å². The summed E-state index contributed by atoms with van der Waals surface area (Å²) in [5.74, 6) is -1.30. The van der Waals surface area contributed by atoms with Gasteiger partial charge in [0.25, 0.3) is 5.69 Å². The summed E-state index contributed by atoms with van der Waals surface area (Å²) in [6, 6.07) is 4.29. The van der Waals surface area contributed by atoms with Crippen molar-refractivity contribution >= 4 is 23.2 Å². The summed E-state index contributed by atoms with van der Waals surface area (Å²) in [4.78, 5) is 37.9. The Hall–Kier alpha value is -2.76. The van der Waals surface area contributed by atoms with Crippen molar-refractivity contribution in [1.29, 1.82) is 0 Å². The van der Waals surface area contributed by atoms with E-state index < -0.39 is 4.92 Å². The van der Waals surface area contributed by atoms with E-state index in [-0.39, 0.29) is 41.2 Å². The normalized spacial score (nSPS) is 29.6. The molecule has 4 atom stereocenters. The van der Waals surface area contributed by atoms with Crippen LogP contribution < -0.4 is 4.90 Å². The summed E-state index contributed by atoms with van der Waals surface area (Å²) in [6.45, 7) is 5.78. The zero-order chi connectivity index (χ0) is 18.0. The van der Waals surface area contributed by atoms with E-state index in [4.69, 9.17) is 0 Å². The molecule has 0 aromatic heterocycles. The number of hydrogen-bond donors (Lipinski definition) is 0. The lowest BCUT2D eigenvalue weighted by molar-refractivity contribution is -0.384. The van der Waals surface area contributed by atoms with E-state index in [1.807, 2.05) is 26.0 Å². The van der Waals surface area contributed by atoms with Gasteiger partial charge in [-0.15, -0.1) is 0 Å². The molecule has 0 spiro atoms. The van der Waals surface area contributed by atoms with Crippen molar-refractivity contribution in [3.05, 3.63) is 57.2 Å². The Morgan fingerprint density at radius 2 is 1.64 bits per heavy atom. The van der Waals surface area contributed by atoms with Crippen molar-refractivity contribution < 1.29 is 14.5 Å². The van der Waals surface area contributed by atoms with Crippen molar-refractivity contribution in [3.63, 3.8) is 0 Å². The number of anilines is 1. The maximum absolute atomic E-state index is 13.1. The minimum atomic E-state index is -0.513. The molecule has 6 heteroatoms. The Kier molecular flexibility index (Phi) is 3.22. The van der Waals surface area contributed by atoms with E-state index in [0.717, 1.165) is 5.57 Å². The number of nitrogens with zero attached hydrogens (tertiary/aromatic N) is 2. The van der Waals surface area contributed by atoms with Gasteiger partial charge in [0, 0.05) is 24.0 Å². The zero-order valence-electron chi connectivity index (χ0n) is 14.2. The van der Waals surface area contributed by atoms with Crippen LogP contribution in [0.5, 0.6) is 0 Å². The highest BCUT2D eigenvalue weighted by Gasteiger charge is 2.62. The molecule has 1 aromatic rings. The van der Waals surface area contributed by atoms with Crippen LogP contribution in [0, 0.1) is 40.7 Å². The summed E-state index contributed by atoms with van der Waals surface area (Å²) in [5.41, 5.74) is 3.23. The van der Waals surface area contributed by atoms with Crippen LogP contribution in [-0.2, 0) is 9.59 Å². The Morgan fingerprint density at radius 1 is 1.08 bits per heavy atom. The highest BCUT2D eigenvalue weighted by atomic mass is 16.6. The maximum atomic E-state index is 13.1. The van der Waals surface area contributed by atoms with Gasteiger partial charge in [0.2, 0.25) is 11.8 Å². The van der Waals surface area contributed by atoms with Crippen LogP contribution in [0.2, 0.25) is 0 Å². The van der Waals surface area contributed by atoms with Crippen molar-refractivity contribution in [2.24, 2.45) is 23.7 Å². The Labute approximate surface area is 145 Å². The monoisotopic (exact) mass is 338 g/mol. The third-order valence-corrected chi connectivity index (χ3v) is 5.64. The summed E-state index contributed by atoms with van der Waals surface area (Å²) in [6.07, 6.45) is 4.06. The van der Waals surface area contributed by atoms with E-state index in [1.54, 1.807) is 13.0 Å². The predicted octanol–water partition coefficient (Wildman–Crippen LogP) is 3.16. The number of allylic oxidation sites excluding steroid dienone is 4. The molecule has 1 saturated carbocycles. The molecule has 1 aromatic carbocycles. The number of imide groups is 1. The molecule has 0 unspecified atom stereocenters. The zero-order valence-corrected chi connectivity index (χ0v) is 14.2. The third kappa shape index (κ3) is 1.97. The fourth-order valence-electron chi connectivity index (χ4n) is 4.62. The molecule has 25 heavy (non-hydrogen) atoms. The summed E-state index contributed by atoms with van der Waals surface area (Å²) in [5, 5.41) is 11.1. The largest absolute Gasteiger partial charge is 0.274 e. The number of hydrogen-bond acceptors (Lipinski definition) is 4. The van der Waals surface area contributed by atoms with Gasteiger partial charge < -0.3 is 0 Å². The minimum absolute atomic E-state index is 0.0274. The van der Waals surface area contributed by atoms with Gasteiger partial charge in [-0.25, -0.2) is 4.90 Å². The van der Waals surface area contributed by atoms with Crippen molar-refractivity contribution in [1.82, 2.24) is 0 Å². The third-order valence-electron chi connectivity index (χ3n) is 5.64. The number of nitro groups is 1. The molecular weight excluding hydrogens is 320 g/mol. The molecule has 3 aliphatic rings. The molecule has 4 rings (SSSR count). The molecule has 0 radical (unpaired) electrons. The second-order valence-electron chi connectivity index (χ2n) is 7.18. The van der Waals surface area contributed by atoms with Crippen LogP contribution in [0.25, 0.3) is 0 Å². The van der Waals surface area contributed by atoms with Crippen LogP contribution in [0.3, 0.4) is 0 Å². The fraction of sp³-hybridized carbons (Fsp3) is 0.368. The Bertz CT molecular complexity index is 861. The number of fused-ring (bicyclic) bond motifs is 5. The van der Waals surface area contributed by atoms with E-state index in [0.29, 0.717) is 11.3 Å². The molecule has 128 valence electrons. The van der Waals surface area contributed by atoms with Gasteiger partial charge in [0.15, 0.2) is 0 Å². The van der Waals surface area contributed by atoms with Gasteiger partial charge in [-0.1, -0.05) is 29.4 Å². The smallest absolute Gasteiger partial charge is 0.271 e. The highest BCUT2D eigenvalue weighted by molar-refractivity contribution is 6.23. The average molecular weight is 338 g/mol. The first kappa shape index (κ1) is 15.7. The lowest BCUT2D eigenvalue weighted by Crippen LogP contribution is -2.33. The molecule has 2 aliphatic carbocycles. The van der Waals surface area contributed by atoms with Crippen LogP contribution in [0.1, 0.15) is 19.4 Å². The number of aryl methyl sites for hydroxylation is 1. The number of non-ortho nitro benzene ring substituents is 1. The lowest BCUT2D eigenvalue weighted by Gasteiger charge is -2.20. The van der Waals surface area contributed by atoms with Gasteiger partial charge in [-0.2, -0.15) is 0 Å². The van der Waals surface area contributed by atoms with Crippen molar-refractivity contribution in [2.45, 2.75) is 20.8 Å². The number of amides is 2. The molecule has 1 heterocycles. The summed E-state index contributed by atoms with van der Waals surface area (Å²) in [7, 11) is 0. The van der Waals surface area contributed by atoms with Gasteiger partial charge in [-0.3, -0.25) is 19.7 Å². The SMILES string of the molecule is CC(C)=C1[C@H]2C=C[C@@H]1[C@H]1C(=O)N(c3cc([N+](=O)[O-])ccc3C)C(=O)[C@H]12. The summed E-state index contributed by atoms with van der Waals surface area (Å²) >= 11 is 0. The Balaban J connectivity index is 1.79. The number of carbonyl (C=O) groups is 2. The van der Waals surface area contributed by atoms with Crippen LogP contribution in [0.15, 0.2) is 41.5 Å². The molecule has 6 nitrogen and oxygen atoms in total. The Morgan fingerprint density at radius 3 is 2.12 bits per heavy atom. The number of carbonyl (C=O) groups excluding carboxylic acids is 2. The number of nitro benzene ring substituents is 1. The topological polar surface area (TPSA) is 80.5 Å². The van der Waals surface area contributed by atoms with Crippen molar-refractivity contribution in [3.8, 4) is 0 Å². The van der Waals surface area contributed by atoms with Gasteiger partial charge in [0.1, 0.15) is 0 Å². The molecule has 2 fully saturated rings. The molecule has 1 saturated heterocycles. The van der Waals surface area contributed by atoms with E-state index in [1.165, 1.54) is 22.6 Å². The molecule has 2 amide bonds. The van der Waals surface area contributed by atoms with Crippen molar-refractivity contribution in [2.75, 3.05) is 4.90 Å². The average Bonchev–Trinajstić information content (AvgIpc) is 3.18. The quantitative estimate of drug-likeness (QED) is 0.359. The second kappa shape index (κ2) is 5.12.